The average molecular weight is 193 g/mol. The van der Waals surface area contributed by atoms with Crippen molar-refractivity contribution in [1.29, 1.82) is 5.26 Å². The van der Waals surface area contributed by atoms with Crippen LogP contribution in [0.3, 0.4) is 0 Å². The van der Waals surface area contributed by atoms with Gasteiger partial charge in [0, 0.05) is 31.6 Å². The molecule has 1 aliphatic heterocycles. The molecule has 78 valence electrons. The Morgan fingerprint density at radius 2 is 2.29 bits per heavy atom. The fraction of sp³-hybridized carbons (Fsp3) is 0.909. The van der Waals surface area contributed by atoms with Crippen LogP contribution in [0.2, 0.25) is 0 Å². The van der Waals surface area contributed by atoms with Crippen molar-refractivity contribution >= 4 is 0 Å². The Hall–Kier alpha value is -0.590. The topological polar surface area (TPSA) is 53.0 Å². The Kier molecular flexibility index (Phi) is 2.50. The highest BCUT2D eigenvalue weighted by molar-refractivity contribution is 5.03. The van der Waals surface area contributed by atoms with E-state index in [4.69, 9.17) is 11.0 Å². The third kappa shape index (κ3) is 1.77. The number of nitrogens with two attached hydrogens (primary N) is 1. The molecule has 0 spiro atoms. The molecule has 0 aromatic rings. The molecule has 2 fully saturated rings. The molecule has 0 aromatic carbocycles. The molecule has 0 bridgehead atoms. The van der Waals surface area contributed by atoms with Gasteiger partial charge in [0.2, 0.25) is 0 Å². The van der Waals surface area contributed by atoms with E-state index in [1.807, 2.05) is 0 Å². The molecular formula is C11H19N3. The number of hydrogen-bond donors (Lipinski definition) is 1. The molecular weight excluding hydrogens is 174 g/mol. The molecule has 2 atom stereocenters. The molecule has 14 heavy (non-hydrogen) atoms. The monoisotopic (exact) mass is 193 g/mol. The maximum absolute atomic E-state index is 8.74. The zero-order valence-corrected chi connectivity index (χ0v) is 8.87. The second-order valence-electron chi connectivity index (χ2n) is 5.00. The maximum atomic E-state index is 8.74. The first-order valence-electron chi connectivity index (χ1n) is 5.53. The Morgan fingerprint density at radius 1 is 1.57 bits per heavy atom. The fourth-order valence-corrected chi connectivity index (χ4v) is 2.42. The lowest BCUT2D eigenvalue weighted by atomic mass is 10.0. The van der Waals surface area contributed by atoms with Gasteiger partial charge in [-0.15, -0.1) is 0 Å². The van der Waals surface area contributed by atoms with Gasteiger partial charge in [-0.2, -0.15) is 5.26 Å². The van der Waals surface area contributed by atoms with Crippen LogP contribution in [0.4, 0.5) is 0 Å². The third-order valence-electron chi connectivity index (χ3n) is 3.89. The van der Waals surface area contributed by atoms with E-state index in [1.54, 1.807) is 0 Å². The van der Waals surface area contributed by atoms with Gasteiger partial charge >= 0.3 is 0 Å². The van der Waals surface area contributed by atoms with Crippen molar-refractivity contribution in [2.24, 2.45) is 11.1 Å². The van der Waals surface area contributed by atoms with Crippen molar-refractivity contribution in [2.75, 3.05) is 13.1 Å². The number of likely N-dealkylation sites (tertiary alicyclic amines) is 1. The molecule has 2 rings (SSSR count). The van der Waals surface area contributed by atoms with Gasteiger partial charge in [-0.05, 0) is 31.6 Å². The van der Waals surface area contributed by atoms with Crippen molar-refractivity contribution in [3.05, 3.63) is 0 Å². The molecule has 1 saturated heterocycles. The van der Waals surface area contributed by atoms with Crippen LogP contribution in [0.5, 0.6) is 0 Å². The molecule has 1 saturated carbocycles. The maximum Gasteiger partial charge on any atom is 0.0628 e. The van der Waals surface area contributed by atoms with Crippen molar-refractivity contribution in [2.45, 2.75) is 44.7 Å². The van der Waals surface area contributed by atoms with Crippen LogP contribution < -0.4 is 5.73 Å². The quantitative estimate of drug-likeness (QED) is 0.730. The molecule has 3 heteroatoms. The lowest BCUT2D eigenvalue weighted by Crippen LogP contribution is -2.39. The molecule has 0 radical (unpaired) electrons. The largest absolute Gasteiger partial charge is 0.326 e. The first-order valence-corrected chi connectivity index (χ1v) is 5.53. The van der Waals surface area contributed by atoms with Crippen molar-refractivity contribution < 1.29 is 0 Å². The molecule has 2 N–H and O–H groups in total. The lowest BCUT2D eigenvalue weighted by Gasteiger charge is -2.26. The van der Waals surface area contributed by atoms with Crippen molar-refractivity contribution in [3.63, 3.8) is 0 Å². The van der Waals surface area contributed by atoms with E-state index < -0.39 is 0 Å². The second kappa shape index (κ2) is 3.52. The number of hydrogen-bond acceptors (Lipinski definition) is 3. The summed E-state index contributed by atoms with van der Waals surface area (Å²) in [5, 5.41) is 8.74. The van der Waals surface area contributed by atoms with Gasteiger partial charge < -0.3 is 5.73 Å². The molecule has 0 amide bonds. The third-order valence-corrected chi connectivity index (χ3v) is 3.89. The highest BCUT2D eigenvalue weighted by Crippen LogP contribution is 2.49. The Morgan fingerprint density at radius 3 is 2.71 bits per heavy atom. The highest BCUT2D eigenvalue weighted by Gasteiger charge is 2.45. The first-order chi connectivity index (χ1) is 6.67. The van der Waals surface area contributed by atoms with Crippen LogP contribution in [-0.2, 0) is 0 Å². The minimum Gasteiger partial charge on any atom is -0.326 e. The summed E-state index contributed by atoms with van der Waals surface area (Å²) in [6.45, 7) is 4.42. The van der Waals surface area contributed by atoms with Crippen LogP contribution >= 0.6 is 0 Å². The molecule has 1 aliphatic carbocycles. The van der Waals surface area contributed by atoms with E-state index in [1.165, 1.54) is 12.8 Å². The number of nitriles is 1. The van der Waals surface area contributed by atoms with Crippen LogP contribution in [0.1, 0.15) is 32.6 Å². The summed E-state index contributed by atoms with van der Waals surface area (Å²) < 4.78 is 0. The molecule has 2 aliphatic rings. The normalized spacial score (nSPS) is 35.5. The predicted octanol–water partition coefficient (Wildman–Crippen LogP) is 1.10. The summed E-state index contributed by atoms with van der Waals surface area (Å²) in [5.74, 6) is 0. The Balaban J connectivity index is 1.89. The molecule has 1 heterocycles. The van der Waals surface area contributed by atoms with Gasteiger partial charge in [0.25, 0.3) is 0 Å². The average Bonchev–Trinajstić information content (AvgIpc) is 2.85. The van der Waals surface area contributed by atoms with E-state index in [9.17, 15) is 0 Å². The van der Waals surface area contributed by atoms with Gasteiger partial charge in [0.15, 0.2) is 0 Å². The van der Waals surface area contributed by atoms with E-state index in [0.29, 0.717) is 17.5 Å². The summed E-state index contributed by atoms with van der Waals surface area (Å²) in [6, 6.07) is 3.16. The highest BCUT2D eigenvalue weighted by atomic mass is 15.2. The summed E-state index contributed by atoms with van der Waals surface area (Å²) >= 11 is 0. The Labute approximate surface area is 85.9 Å². The van der Waals surface area contributed by atoms with Crippen LogP contribution in [0, 0.1) is 16.7 Å². The van der Waals surface area contributed by atoms with Crippen LogP contribution in [0.15, 0.2) is 0 Å². The van der Waals surface area contributed by atoms with Gasteiger partial charge in [-0.1, -0.05) is 0 Å². The predicted molar refractivity (Wildman–Crippen MR) is 55.5 cm³/mol. The summed E-state index contributed by atoms with van der Waals surface area (Å²) in [7, 11) is 0. The summed E-state index contributed by atoms with van der Waals surface area (Å²) in [4.78, 5) is 2.47. The SMILES string of the molecule is CC1C(N)CCN1CC1(CC#N)CC1. The zero-order chi connectivity index (χ0) is 10.2. The minimum absolute atomic E-state index is 0.340. The number of rotatable bonds is 3. The Bertz CT molecular complexity index is 252. The standard InChI is InChI=1S/C11H19N3/c1-9-10(13)2-7-14(9)8-11(3-4-11)5-6-12/h9-10H,2-5,7-8,13H2,1H3. The minimum atomic E-state index is 0.340. The van der Waals surface area contributed by atoms with Crippen LogP contribution in [0.25, 0.3) is 0 Å². The molecule has 0 aromatic heterocycles. The smallest absolute Gasteiger partial charge is 0.0628 e. The van der Waals surface area contributed by atoms with Crippen LogP contribution in [-0.4, -0.2) is 30.1 Å². The van der Waals surface area contributed by atoms with E-state index in [-0.39, 0.29) is 0 Å². The second-order valence-corrected chi connectivity index (χ2v) is 5.00. The summed E-state index contributed by atoms with van der Waals surface area (Å²) in [5.41, 5.74) is 6.32. The van der Waals surface area contributed by atoms with E-state index >= 15 is 0 Å². The lowest BCUT2D eigenvalue weighted by molar-refractivity contribution is 0.209. The molecule has 3 nitrogen and oxygen atoms in total. The summed E-state index contributed by atoms with van der Waals surface area (Å²) in [6.07, 6.45) is 4.31. The van der Waals surface area contributed by atoms with Gasteiger partial charge in [-0.3, -0.25) is 4.90 Å². The molecule has 2 unspecified atom stereocenters. The van der Waals surface area contributed by atoms with E-state index in [2.05, 4.69) is 17.9 Å². The van der Waals surface area contributed by atoms with Crippen molar-refractivity contribution in [3.8, 4) is 6.07 Å². The van der Waals surface area contributed by atoms with Gasteiger partial charge in [0.1, 0.15) is 0 Å². The van der Waals surface area contributed by atoms with Gasteiger partial charge in [0.05, 0.1) is 6.07 Å². The van der Waals surface area contributed by atoms with Crippen molar-refractivity contribution in [1.82, 2.24) is 4.90 Å². The van der Waals surface area contributed by atoms with E-state index in [0.717, 1.165) is 25.9 Å². The zero-order valence-electron chi connectivity index (χ0n) is 8.87. The fourth-order valence-electron chi connectivity index (χ4n) is 2.42. The first kappa shape index (κ1) is 9.95. The number of nitrogens with zero attached hydrogens (tertiary/aromatic N) is 2. The van der Waals surface area contributed by atoms with Gasteiger partial charge in [-0.25, -0.2) is 0 Å².